The monoisotopic (exact) mass is 436 g/mol. The van der Waals surface area contributed by atoms with Crippen molar-refractivity contribution in [2.24, 2.45) is 0 Å². The van der Waals surface area contributed by atoms with E-state index in [-0.39, 0.29) is 17.2 Å². The molecule has 0 aliphatic rings. The molecule has 0 saturated carbocycles. The lowest BCUT2D eigenvalue weighted by atomic mass is 10.2. The minimum atomic E-state index is -0.172. The third-order valence-electron chi connectivity index (χ3n) is 4.82. The van der Waals surface area contributed by atoms with E-state index in [4.69, 9.17) is 0 Å². The number of nitrogens with zero attached hydrogens (tertiary/aromatic N) is 3. The lowest BCUT2D eigenvalue weighted by molar-refractivity contribution is -0.113. The minimum absolute atomic E-state index is 0.0928. The Balaban J connectivity index is 1.59. The van der Waals surface area contributed by atoms with Crippen molar-refractivity contribution in [1.82, 2.24) is 14.5 Å². The second-order valence-electron chi connectivity index (χ2n) is 6.77. The van der Waals surface area contributed by atoms with Gasteiger partial charge in [0.1, 0.15) is 4.83 Å². The number of fused-ring (bicyclic) bond motifs is 2. The third-order valence-corrected chi connectivity index (χ3v) is 6.90. The number of carbonyl (C=O) groups is 1. The summed E-state index contributed by atoms with van der Waals surface area (Å²) in [5.74, 6) is -0.0379. The topological polar surface area (TPSA) is 76.9 Å². The fraction of sp³-hybridized carbons (Fsp3) is 0.182. The van der Waals surface area contributed by atoms with E-state index in [0.29, 0.717) is 27.6 Å². The highest BCUT2D eigenvalue weighted by molar-refractivity contribution is 7.99. The van der Waals surface area contributed by atoms with Gasteiger partial charge < -0.3 is 5.32 Å². The Labute approximate surface area is 181 Å². The minimum Gasteiger partial charge on any atom is -0.325 e. The zero-order valence-corrected chi connectivity index (χ0v) is 18.3. The predicted octanol–water partition coefficient (Wildman–Crippen LogP) is 4.54. The summed E-state index contributed by atoms with van der Waals surface area (Å²) in [7, 11) is 0. The van der Waals surface area contributed by atoms with Gasteiger partial charge in [0.2, 0.25) is 5.91 Å². The summed E-state index contributed by atoms with van der Waals surface area (Å²) in [5.41, 5.74) is 2.40. The number of amides is 1. The molecular formula is C22H20N4O2S2. The molecule has 3 aromatic heterocycles. The number of anilines is 1. The van der Waals surface area contributed by atoms with Gasteiger partial charge in [0.05, 0.1) is 22.3 Å². The van der Waals surface area contributed by atoms with Crippen LogP contribution in [0.25, 0.3) is 21.1 Å². The Kier molecular flexibility index (Phi) is 5.69. The van der Waals surface area contributed by atoms with Crippen LogP contribution in [0.1, 0.15) is 10.4 Å². The highest BCUT2D eigenvalue weighted by Gasteiger charge is 2.17. The van der Waals surface area contributed by atoms with Crippen LogP contribution in [0.5, 0.6) is 0 Å². The van der Waals surface area contributed by atoms with E-state index >= 15 is 0 Å². The van der Waals surface area contributed by atoms with Crippen LogP contribution in [0.4, 0.5) is 5.69 Å². The maximum Gasteiger partial charge on any atom is 0.263 e. The van der Waals surface area contributed by atoms with Crippen molar-refractivity contribution in [3.63, 3.8) is 0 Å². The van der Waals surface area contributed by atoms with Crippen molar-refractivity contribution >= 4 is 55.8 Å². The molecule has 0 radical (unpaired) electrons. The molecule has 8 heteroatoms. The molecule has 1 amide bonds. The molecule has 3 heterocycles. The summed E-state index contributed by atoms with van der Waals surface area (Å²) >= 11 is 2.75. The van der Waals surface area contributed by atoms with Crippen LogP contribution in [0, 0.1) is 13.8 Å². The van der Waals surface area contributed by atoms with Crippen molar-refractivity contribution in [2.75, 3.05) is 11.1 Å². The van der Waals surface area contributed by atoms with Crippen molar-refractivity contribution in [3.05, 3.63) is 70.0 Å². The second kappa shape index (κ2) is 8.41. The first-order chi connectivity index (χ1) is 14.5. The molecular weight excluding hydrogens is 416 g/mol. The summed E-state index contributed by atoms with van der Waals surface area (Å²) in [6.07, 6.45) is 3.38. The maximum atomic E-state index is 13.0. The van der Waals surface area contributed by atoms with Crippen LogP contribution < -0.4 is 10.9 Å². The van der Waals surface area contributed by atoms with Gasteiger partial charge in [-0.15, -0.1) is 17.9 Å². The van der Waals surface area contributed by atoms with E-state index in [2.05, 4.69) is 21.9 Å². The van der Waals surface area contributed by atoms with Gasteiger partial charge in [-0.05, 0) is 43.7 Å². The van der Waals surface area contributed by atoms with Gasteiger partial charge in [0.15, 0.2) is 5.16 Å². The highest BCUT2D eigenvalue weighted by Crippen LogP contribution is 2.28. The largest absolute Gasteiger partial charge is 0.325 e. The van der Waals surface area contributed by atoms with Crippen LogP contribution in [0.15, 0.2) is 59.1 Å². The summed E-state index contributed by atoms with van der Waals surface area (Å²) in [4.78, 5) is 36.4. The first-order valence-electron chi connectivity index (χ1n) is 9.37. The van der Waals surface area contributed by atoms with Gasteiger partial charge in [-0.25, -0.2) is 4.98 Å². The maximum absolute atomic E-state index is 13.0. The van der Waals surface area contributed by atoms with Gasteiger partial charge in [-0.1, -0.05) is 23.9 Å². The van der Waals surface area contributed by atoms with Gasteiger partial charge >= 0.3 is 0 Å². The van der Waals surface area contributed by atoms with E-state index in [1.54, 1.807) is 16.8 Å². The molecule has 152 valence electrons. The van der Waals surface area contributed by atoms with Gasteiger partial charge in [-0.2, -0.15) is 0 Å². The SMILES string of the molecule is C=CCn1c(SCC(=O)Nc2cccc3ncccc23)nc2sc(C)c(C)c2c1=O. The number of rotatable bonds is 6. The first-order valence-corrected chi connectivity index (χ1v) is 11.2. The molecule has 0 unspecified atom stereocenters. The van der Waals surface area contributed by atoms with E-state index < -0.39 is 0 Å². The number of pyridine rings is 1. The number of allylic oxidation sites excluding steroid dienone is 1. The number of hydrogen-bond donors (Lipinski definition) is 1. The normalized spacial score (nSPS) is 11.1. The first kappa shape index (κ1) is 20.3. The Hall–Kier alpha value is -2.97. The van der Waals surface area contributed by atoms with Crippen LogP contribution >= 0.6 is 23.1 Å². The Morgan fingerprint density at radius 3 is 2.93 bits per heavy atom. The molecule has 0 spiro atoms. The summed E-state index contributed by atoms with van der Waals surface area (Å²) in [6, 6.07) is 9.37. The fourth-order valence-electron chi connectivity index (χ4n) is 3.24. The number of thioether (sulfide) groups is 1. The smallest absolute Gasteiger partial charge is 0.263 e. The second-order valence-corrected chi connectivity index (χ2v) is 8.92. The molecule has 0 saturated heterocycles. The molecule has 0 bridgehead atoms. The summed E-state index contributed by atoms with van der Waals surface area (Å²) < 4.78 is 1.58. The number of hydrogen-bond acceptors (Lipinski definition) is 6. The average Bonchev–Trinajstić information content (AvgIpc) is 3.03. The van der Waals surface area contributed by atoms with Crippen LogP contribution in [0.3, 0.4) is 0 Å². The molecule has 1 aromatic carbocycles. The standard InChI is InChI=1S/C22H20N4O2S2/c1-4-11-26-21(28)19-13(2)14(3)30-20(19)25-22(26)29-12-18(27)24-17-9-5-8-16-15(17)7-6-10-23-16/h4-10H,1,11-12H2,2-3H3,(H,24,27). The number of nitrogens with one attached hydrogen (secondary N) is 1. The molecule has 0 fully saturated rings. The van der Waals surface area contributed by atoms with Crippen molar-refractivity contribution in [2.45, 2.75) is 25.5 Å². The number of benzene rings is 1. The Morgan fingerprint density at radius 2 is 2.13 bits per heavy atom. The molecule has 0 aliphatic carbocycles. The number of carbonyl (C=O) groups excluding carboxylic acids is 1. The highest BCUT2D eigenvalue weighted by atomic mass is 32.2. The number of thiophene rings is 1. The number of aromatic nitrogens is 3. The molecule has 30 heavy (non-hydrogen) atoms. The van der Waals surface area contributed by atoms with E-state index in [1.807, 2.05) is 44.2 Å². The van der Waals surface area contributed by atoms with Gasteiger partial charge in [0, 0.05) is 23.0 Å². The van der Waals surface area contributed by atoms with E-state index in [9.17, 15) is 9.59 Å². The van der Waals surface area contributed by atoms with E-state index in [0.717, 1.165) is 21.3 Å². The van der Waals surface area contributed by atoms with Crippen molar-refractivity contribution in [1.29, 1.82) is 0 Å². The van der Waals surface area contributed by atoms with Gasteiger partial charge in [0.25, 0.3) is 5.56 Å². The Morgan fingerprint density at radius 1 is 1.30 bits per heavy atom. The summed E-state index contributed by atoms with van der Waals surface area (Å²) in [6.45, 7) is 8.01. The molecule has 0 aliphatic heterocycles. The molecule has 0 atom stereocenters. The third kappa shape index (κ3) is 3.76. The summed E-state index contributed by atoms with van der Waals surface area (Å²) in [5, 5.41) is 4.99. The van der Waals surface area contributed by atoms with Gasteiger partial charge in [-0.3, -0.25) is 19.1 Å². The zero-order chi connectivity index (χ0) is 21.3. The fourth-order valence-corrected chi connectivity index (χ4v) is 5.12. The predicted molar refractivity (Wildman–Crippen MR) is 125 cm³/mol. The molecule has 6 nitrogen and oxygen atoms in total. The lowest BCUT2D eigenvalue weighted by Gasteiger charge is -2.11. The van der Waals surface area contributed by atoms with Crippen LogP contribution in [-0.2, 0) is 11.3 Å². The lowest BCUT2D eigenvalue weighted by Crippen LogP contribution is -2.23. The molecule has 1 N–H and O–H groups in total. The number of aryl methyl sites for hydroxylation is 2. The van der Waals surface area contributed by atoms with Crippen molar-refractivity contribution in [3.8, 4) is 0 Å². The molecule has 4 rings (SSSR count). The Bertz CT molecular complexity index is 1340. The van der Waals surface area contributed by atoms with Crippen LogP contribution in [-0.4, -0.2) is 26.2 Å². The molecule has 4 aromatic rings. The quantitative estimate of drug-likeness (QED) is 0.273. The zero-order valence-electron chi connectivity index (χ0n) is 16.6. The van der Waals surface area contributed by atoms with Crippen LogP contribution in [0.2, 0.25) is 0 Å². The van der Waals surface area contributed by atoms with Crippen molar-refractivity contribution < 1.29 is 4.79 Å². The van der Waals surface area contributed by atoms with E-state index in [1.165, 1.54) is 23.1 Å². The average molecular weight is 437 g/mol.